The molecule has 2 N–H and O–H groups in total. The molecule has 1 saturated heterocycles. The first kappa shape index (κ1) is 14.7. The molecule has 0 aromatic carbocycles. The van der Waals surface area contributed by atoms with Gasteiger partial charge in [-0.15, -0.1) is 0 Å². The van der Waals surface area contributed by atoms with E-state index in [2.05, 4.69) is 15.6 Å². The van der Waals surface area contributed by atoms with Crippen molar-refractivity contribution in [2.24, 2.45) is 0 Å². The van der Waals surface area contributed by atoms with Gasteiger partial charge in [-0.2, -0.15) is 0 Å². The van der Waals surface area contributed by atoms with Crippen molar-refractivity contribution in [2.45, 2.75) is 19.4 Å². The Labute approximate surface area is 120 Å². The van der Waals surface area contributed by atoms with Crippen molar-refractivity contribution in [1.82, 2.24) is 10.3 Å². The largest absolute Gasteiger partial charge is 0.373 e. The summed E-state index contributed by atoms with van der Waals surface area (Å²) in [5.74, 6) is -0.653. The molecule has 0 saturated carbocycles. The highest BCUT2D eigenvalue weighted by Gasteiger charge is 2.44. The van der Waals surface area contributed by atoms with Crippen LogP contribution in [0.2, 0.25) is 0 Å². The molecule has 2 heterocycles. The lowest BCUT2D eigenvalue weighted by Crippen LogP contribution is -2.64. The highest BCUT2D eigenvalue weighted by molar-refractivity contribution is 6.06. The Morgan fingerprint density at radius 1 is 1.43 bits per heavy atom. The molecule has 2 amide bonds. The molecule has 0 aliphatic carbocycles. The van der Waals surface area contributed by atoms with Crippen LogP contribution < -0.4 is 15.5 Å². The van der Waals surface area contributed by atoms with Gasteiger partial charge in [-0.05, 0) is 19.9 Å². The second-order valence-electron chi connectivity index (χ2n) is 5.07. The highest BCUT2D eigenvalue weighted by atomic mass is 16.6. The normalized spacial score (nSPS) is 17.4. The molecule has 0 radical (unpaired) electrons. The van der Waals surface area contributed by atoms with Crippen molar-refractivity contribution in [3.05, 3.63) is 22.2 Å². The zero-order chi connectivity index (χ0) is 15.8. The summed E-state index contributed by atoms with van der Waals surface area (Å²) in [6, 6.07) is 2.75. The molecule has 1 aromatic rings. The molecule has 0 atom stereocenters. The third kappa shape index (κ3) is 2.49. The van der Waals surface area contributed by atoms with Crippen LogP contribution in [-0.4, -0.2) is 40.9 Å². The van der Waals surface area contributed by atoms with Gasteiger partial charge in [0.15, 0.2) is 0 Å². The van der Waals surface area contributed by atoms with Crippen LogP contribution in [0.25, 0.3) is 0 Å². The molecule has 1 aromatic heterocycles. The maximum Gasteiger partial charge on any atom is 0.311 e. The number of piperazine rings is 1. The van der Waals surface area contributed by atoms with Crippen molar-refractivity contribution in [2.75, 3.05) is 23.8 Å². The summed E-state index contributed by atoms with van der Waals surface area (Å²) in [5.41, 5.74) is -1.39. The molecule has 1 fully saturated rings. The minimum atomic E-state index is -1.13. The number of carbonyl (C=O) groups excluding carboxylic acids is 2. The maximum atomic E-state index is 12.0. The van der Waals surface area contributed by atoms with Crippen molar-refractivity contribution >= 4 is 29.1 Å². The Morgan fingerprint density at radius 2 is 2.10 bits per heavy atom. The summed E-state index contributed by atoms with van der Waals surface area (Å²) in [6.45, 7) is 2.97. The number of nitrogens with one attached hydrogen (secondary N) is 2. The van der Waals surface area contributed by atoms with Crippen molar-refractivity contribution in [3.63, 3.8) is 0 Å². The second-order valence-corrected chi connectivity index (χ2v) is 5.07. The van der Waals surface area contributed by atoms with Crippen LogP contribution >= 0.6 is 0 Å². The number of pyridine rings is 1. The lowest BCUT2D eigenvalue weighted by molar-refractivity contribution is -0.384. The summed E-state index contributed by atoms with van der Waals surface area (Å²) in [7, 11) is 1.62. The third-order valence-corrected chi connectivity index (χ3v) is 3.35. The summed E-state index contributed by atoms with van der Waals surface area (Å²) in [4.78, 5) is 39.6. The lowest BCUT2D eigenvalue weighted by atomic mass is 9.98. The minimum Gasteiger partial charge on any atom is -0.373 e. The van der Waals surface area contributed by atoms with Gasteiger partial charge in [-0.25, -0.2) is 4.98 Å². The van der Waals surface area contributed by atoms with Gasteiger partial charge in [0.25, 0.3) is 5.91 Å². The van der Waals surface area contributed by atoms with Gasteiger partial charge >= 0.3 is 5.69 Å². The average molecular weight is 293 g/mol. The number of hydrogen-bond acceptors (Lipinski definition) is 7. The molecule has 9 heteroatoms. The molecular formula is C12H15N5O4. The summed E-state index contributed by atoms with van der Waals surface area (Å²) < 4.78 is 0. The number of carbonyl (C=O) groups is 2. The number of imide groups is 1. The van der Waals surface area contributed by atoms with E-state index in [9.17, 15) is 19.7 Å². The van der Waals surface area contributed by atoms with Crippen LogP contribution in [0, 0.1) is 10.1 Å². The predicted molar refractivity (Wildman–Crippen MR) is 75.0 cm³/mol. The predicted octanol–water partition coefficient (Wildman–Crippen LogP) is 0.273. The molecular weight excluding hydrogens is 278 g/mol. The van der Waals surface area contributed by atoms with Gasteiger partial charge in [-0.1, -0.05) is 0 Å². The average Bonchev–Trinajstić information content (AvgIpc) is 2.42. The summed E-state index contributed by atoms with van der Waals surface area (Å²) >= 11 is 0. The van der Waals surface area contributed by atoms with E-state index in [4.69, 9.17) is 0 Å². The van der Waals surface area contributed by atoms with Crippen molar-refractivity contribution < 1.29 is 14.5 Å². The molecule has 112 valence electrons. The van der Waals surface area contributed by atoms with E-state index in [1.807, 2.05) is 0 Å². The first-order chi connectivity index (χ1) is 9.77. The first-order valence-electron chi connectivity index (χ1n) is 6.22. The Kier molecular flexibility index (Phi) is 3.50. The molecule has 0 spiro atoms. The van der Waals surface area contributed by atoms with E-state index in [0.29, 0.717) is 5.82 Å². The van der Waals surface area contributed by atoms with Crippen LogP contribution in [0.4, 0.5) is 17.3 Å². The van der Waals surface area contributed by atoms with Gasteiger partial charge in [-0.3, -0.25) is 25.0 Å². The quantitative estimate of drug-likeness (QED) is 0.466. The lowest BCUT2D eigenvalue weighted by Gasteiger charge is -2.40. The smallest absolute Gasteiger partial charge is 0.311 e. The van der Waals surface area contributed by atoms with Crippen molar-refractivity contribution in [3.8, 4) is 0 Å². The highest BCUT2D eigenvalue weighted by Crippen LogP contribution is 2.33. The minimum absolute atomic E-state index is 0.0138. The topological polar surface area (TPSA) is 117 Å². The van der Waals surface area contributed by atoms with E-state index >= 15 is 0 Å². The number of hydrogen-bond donors (Lipinski definition) is 2. The Bertz CT molecular complexity index is 628. The number of nitrogens with zero attached hydrogens (tertiary/aromatic N) is 3. The maximum absolute atomic E-state index is 12.0. The van der Waals surface area contributed by atoms with E-state index in [0.717, 1.165) is 0 Å². The van der Waals surface area contributed by atoms with Crippen LogP contribution in [0.5, 0.6) is 0 Å². The fourth-order valence-electron chi connectivity index (χ4n) is 2.04. The second kappa shape index (κ2) is 5.00. The number of anilines is 2. The fourth-order valence-corrected chi connectivity index (χ4v) is 2.04. The summed E-state index contributed by atoms with van der Waals surface area (Å²) in [5, 5.41) is 16.2. The third-order valence-electron chi connectivity index (χ3n) is 3.35. The van der Waals surface area contributed by atoms with Gasteiger partial charge < -0.3 is 10.2 Å². The van der Waals surface area contributed by atoms with E-state index in [1.54, 1.807) is 20.9 Å². The van der Waals surface area contributed by atoms with E-state index < -0.39 is 22.3 Å². The number of rotatable bonds is 3. The fraction of sp³-hybridized carbons (Fsp3) is 0.417. The van der Waals surface area contributed by atoms with Gasteiger partial charge in [0.2, 0.25) is 11.7 Å². The Hall–Kier alpha value is -2.71. The monoisotopic (exact) mass is 293 g/mol. The van der Waals surface area contributed by atoms with Crippen LogP contribution in [-0.2, 0) is 9.59 Å². The zero-order valence-corrected chi connectivity index (χ0v) is 11.8. The first-order valence-corrected chi connectivity index (χ1v) is 6.22. The zero-order valence-electron chi connectivity index (χ0n) is 11.8. The summed E-state index contributed by atoms with van der Waals surface area (Å²) in [6.07, 6.45) is 0. The molecule has 1 aliphatic heterocycles. The standard InChI is InChI=1S/C12H15N5O4/c1-12(2)11(19)15-9(18)6-16(12)10-7(17(20)21)4-5-8(13-3)14-10/h4-5H,6H2,1-3H3,(H,13,14)(H,15,18,19). The molecule has 2 rings (SSSR count). The SMILES string of the molecule is CNc1ccc([N+](=O)[O-])c(N2CC(=O)NC(=O)C2(C)C)n1. The Balaban J connectivity index is 2.59. The number of nitro groups is 1. The number of amides is 2. The van der Waals surface area contributed by atoms with Crippen LogP contribution in [0.3, 0.4) is 0 Å². The van der Waals surface area contributed by atoms with Gasteiger partial charge in [0.05, 0.1) is 4.92 Å². The van der Waals surface area contributed by atoms with Gasteiger partial charge in [0.1, 0.15) is 17.9 Å². The van der Waals surface area contributed by atoms with Crippen LogP contribution in [0.15, 0.2) is 12.1 Å². The molecule has 9 nitrogen and oxygen atoms in total. The Morgan fingerprint density at radius 3 is 2.67 bits per heavy atom. The number of aromatic nitrogens is 1. The van der Waals surface area contributed by atoms with Crippen LogP contribution in [0.1, 0.15) is 13.8 Å². The molecule has 0 bridgehead atoms. The molecule has 0 unspecified atom stereocenters. The van der Waals surface area contributed by atoms with E-state index in [1.165, 1.54) is 17.0 Å². The van der Waals surface area contributed by atoms with Crippen molar-refractivity contribution in [1.29, 1.82) is 0 Å². The van der Waals surface area contributed by atoms with Gasteiger partial charge in [0, 0.05) is 13.1 Å². The molecule has 1 aliphatic rings. The molecule has 21 heavy (non-hydrogen) atoms. The van der Waals surface area contributed by atoms with E-state index in [-0.39, 0.29) is 18.1 Å².